The summed E-state index contributed by atoms with van der Waals surface area (Å²) in [6.45, 7) is 2.35. The first kappa shape index (κ1) is 9.57. The highest BCUT2D eigenvalue weighted by molar-refractivity contribution is 5.27. The van der Waals surface area contributed by atoms with Gasteiger partial charge < -0.3 is 4.74 Å². The highest BCUT2D eigenvalue weighted by atomic mass is 16.5. The predicted molar refractivity (Wildman–Crippen MR) is 58.6 cm³/mol. The van der Waals surface area contributed by atoms with Gasteiger partial charge in [-0.25, -0.2) is 0 Å². The van der Waals surface area contributed by atoms with Crippen molar-refractivity contribution in [2.45, 2.75) is 26.2 Å². The van der Waals surface area contributed by atoms with Crippen molar-refractivity contribution in [3.05, 3.63) is 29.8 Å². The van der Waals surface area contributed by atoms with Crippen LogP contribution in [0, 0.1) is 11.8 Å². The Morgan fingerprint density at radius 1 is 1.29 bits per heavy atom. The molecule has 0 N–H and O–H groups in total. The SMILES string of the molecule is COc1ccc(CCC2CC2C)cc1. The van der Waals surface area contributed by atoms with Gasteiger partial charge >= 0.3 is 0 Å². The van der Waals surface area contributed by atoms with Gasteiger partial charge in [0.2, 0.25) is 0 Å². The van der Waals surface area contributed by atoms with Crippen molar-refractivity contribution in [2.75, 3.05) is 7.11 Å². The van der Waals surface area contributed by atoms with Gasteiger partial charge in [-0.15, -0.1) is 0 Å². The molecule has 0 saturated heterocycles. The van der Waals surface area contributed by atoms with E-state index in [9.17, 15) is 0 Å². The van der Waals surface area contributed by atoms with Crippen molar-refractivity contribution in [1.82, 2.24) is 0 Å². The van der Waals surface area contributed by atoms with Gasteiger partial charge in [0.15, 0.2) is 0 Å². The number of benzene rings is 1. The fourth-order valence-electron chi connectivity index (χ4n) is 1.95. The number of rotatable bonds is 4. The Hall–Kier alpha value is -0.980. The molecule has 1 aromatic carbocycles. The second-order valence-corrected chi connectivity index (χ2v) is 4.36. The van der Waals surface area contributed by atoms with Gasteiger partial charge in [0, 0.05) is 0 Å². The highest BCUT2D eigenvalue weighted by Crippen LogP contribution is 2.41. The number of hydrogen-bond acceptors (Lipinski definition) is 1. The van der Waals surface area contributed by atoms with Crippen LogP contribution in [0.5, 0.6) is 5.75 Å². The number of aryl methyl sites for hydroxylation is 1. The molecule has 76 valence electrons. The molecule has 1 heteroatoms. The van der Waals surface area contributed by atoms with Crippen molar-refractivity contribution in [3.63, 3.8) is 0 Å². The maximum atomic E-state index is 5.12. The van der Waals surface area contributed by atoms with Crippen molar-refractivity contribution in [1.29, 1.82) is 0 Å². The van der Waals surface area contributed by atoms with Crippen LogP contribution in [0.1, 0.15) is 25.3 Å². The molecule has 14 heavy (non-hydrogen) atoms. The summed E-state index contributed by atoms with van der Waals surface area (Å²) in [5.41, 5.74) is 1.44. The van der Waals surface area contributed by atoms with Crippen LogP contribution in [-0.2, 0) is 6.42 Å². The third-order valence-electron chi connectivity index (χ3n) is 3.24. The van der Waals surface area contributed by atoms with E-state index in [4.69, 9.17) is 4.74 Å². The molecular formula is C13H18O. The minimum absolute atomic E-state index is 0.952. The summed E-state index contributed by atoms with van der Waals surface area (Å²) in [7, 11) is 1.71. The first-order chi connectivity index (χ1) is 6.79. The molecule has 0 bridgehead atoms. The fourth-order valence-corrected chi connectivity index (χ4v) is 1.95. The molecular weight excluding hydrogens is 172 g/mol. The monoisotopic (exact) mass is 190 g/mol. The van der Waals surface area contributed by atoms with E-state index in [1.165, 1.54) is 24.8 Å². The van der Waals surface area contributed by atoms with Crippen LogP contribution in [0.2, 0.25) is 0 Å². The molecule has 0 heterocycles. The topological polar surface area (TPSA) is 9.23 Å². The minimum Gasteiger partial charge on any atom is -0.497 e. The van der Waals surface area contributed by atoms with Crippen molar-refractivity contribution in [2.24, 2.45) is 11.8 Å². The van der Waals surface area contributed by atoms with Gasteiger partial charge in [-0.05, 0) is 48.8 Å². The zero-order valence-corrected chi connectivity index (χ0v) is 8.99. The van der Waals surface area contributed by atoms with Crippen LogP contribution in [0.15, 0.2) is 24.3 Å². The van der Waals surface area contributed by atoms with Crippen LogP contribution in [0.25, 0.3) is 0 Å². The van der Waals surface area contributed by atoms with E-state index in [1.807, 2.05) is 12.1 Å². The van der Waals surface area contributed by atoms with E-state index in [1.54, 1.807) is 7.11 Å². The molecule has 1 aromatic rings. The van der Waals surface area contributed by atoms with E-state index in [0.29, 0.717) is 0 Å². The summed E-state index contributed by atoms with van der Waals surface area (Å²) >= 11 is 0. The minimum atomic E-state index is 0.952. The van der Waals surface area contributed by atoms with Crippen LogP contribution >= 0.6 is 0 Å². The molecule has 1 nitrogen and oxygen atoms in total. The van der Waals surface area contributed by atoms with E-state index >= 15 is 0 Å². The Morgan fingerprint density at radius 2 is 1.93 bits per heavy atom. The summed E-state index contributed by atoms with van der Waals surface area (Å²) in [5.74, 6) is 2.93. The average molecular weight is 190 g/mol. The zero-order chi connectivity index (χ0) is 9.97. The number of hydrogen-bond donors (Lipinski definition) is 0. The van der Waals surface area contributed by atoms with Crippen molar-refractivity contribution >= 4 is 0 Å². The molecule has 0 aromatic heterocycles. The first-order valence-corrected chi connectivity index (χ1v) is 5.42. The molecule has 0 amide bonds. The first-order valence-electron chi connectivity index (χ1n) is 5.42. The van der Waals surface area contributed by atoms with E-state index in [2.05, 4.69) is 19.1 Å². The third kappa shape index (κ3) is 2.28. The van der Waals surface area contributed by atoms with E-state index < -0.39 is 0 Å². The molecule has 2 atom stereocenters. The van der Waals surface area contributed by atoms with Crippen LogP contribution in [0.3, 0.4) is 0 Å². The molecule has 0 aliphatic heterocycles. The molecule has 2 unspecified atom stereocenters. The normalized spacial score (nSPS) is 24.7. The lowest BCUT2D eigenvalue weighted by Gasteiger charge is -2.02. The van der Waals surface area contributed by atoms with Gasteiger partial charge in [0.1, 0.15) is 5.75 Å². The molecule has 0 spiro atoms. The number of ether oxygens (including phenoxy) is 1. The van der Waals surface area contributed by atoms with Gasteiger partial charge in [0.05, 0.1) is 7.11 Å². The summed E-state index contributed by atoms with van der Waals surface area (Å²) in [6.07, 6.45) is 4.02. The van der Waals surface area contributed by atoms with E-state index in [0.717, 1.165) is 17.6 Å². The summed E-state index contributed by atoms with van der Waals surface area (Å²) in [6, 6.07) is 8.44. The van der Waals surface area contributed by atoms with Crippen molar-refractivity contribution < 1.29 is 4.74 Å². The van der Waals surface area contributed by atoms with Crippen LogP contribution in [-0.4, -0.2) is 7.11 Å². The maximum Gasteiger partial charge on any atom is 0.118 e. The fraction of sp³-hybridized carbons (Fsp3) is 0.538. The zero-order valence-electron chi connectivity index (χ0n) is 8.99. The van der Waals surface area contributed by atoms with Gasteiger partial charge in [-0.1, -0.05) is 19.1 Å². The molecule has 2 rings (SSSR count). The average Bonchev–Trinajstić information content (AvgIpc) is 2.92. The predicted octanol–water partition coefficient (Wildman–Crippen LogP) is 3.28. The Bertz CT molecular complexity index is 289. The van der Waals surface area contributed by atoms with Crippen LogP contribution in [0.4, 0.5) is 0 Å². The standard InChI is InChI=1S/C13H18O/c1-10-9-12(10)6-3-11-4-7-13(14-2)8-5-11/h4-5,7-8,10,12H,3,6,9H2,1-2H3. The van der Waals surface area contributed by atoms with Gasteiger partial charge in [0.25, 0.3) is 0 Å². The lowest BCUT2D eigenvalue weighted by atomic mass is 10.1. The lowest BCUT2D eigenvalue weighted by molar-refractivity contribution is 0.414. The Kier molecular flexibility index (Phi) is 2.76. The molecule has 1 fully saturated rings. The Labute approximate surface area is 86.1 Å². The maximum absolute atomic E-state index is 5.12. The second-order valence-electron chi connectivity index (χ2n) is 4.36. The summed E-state index contributed by atoms with van der Waals surface area (Å²) in [4.78, 5) is 0. The Morgan fingerprint density at radius 3 is 2.43 bits per heavy atom. The number of methoxy groups -OCH3 is 1. The third-order valence-corrected chi connectivity index (χ3v) is 3.24. The van der Waals surface area contributed by atoms with Gasteiger partial charge in [-0.2, -0.15) is 0 Å². The van der Waals surface area contributed by atoms with Crippen molar-refractivity contribution in [3.8, 4) is 5.75 Å². The molecule has 0 radical (unpaired) electrons. The summed E-state index contributed by atoms with van der Waals surface area (Å²) in [5, 5.41) is 0. The van der Waals surface area contributed by atoms with Gasteiger partial charge in [-0.3, -0.25) is 0 Å². The molecule has 1 aliphatic carbocycles. The molecule has 1 aliphatic rings. The van der Waals surface area contributed by atoms with Crippen LogP contribution < -0.4 is 4.74 Å². The lowest BCUT2D eigenvalue weighted by Crippen LogP contribution is -1.88. The van der Waals surface area contributed by atoms with E-state index in [-0.39, 0.29) is 0 Å². The quantitative estimate of drug-likeness (QED) is 0.708. The largest absolute Gasteiger partial charge is 0.497 e. The second kappa shape index (κ2) is 4.04. The Balaban J connectivity index is 1.84. The molecule has 1 saturated carbocycles. The summed E-state index contributed by atoms with van der Waals surface area (Å²) < 4.78 is 5.12. The highest BCUT2D eigenvalue weighted by Gasteiger charge is 2.31. The smallest absolute Gasteiger partial charge is 0.118 e.